The summed E-state index contributed by atoms with van der Waals surface area (Å²) >= 11 is 1.69. The highest BCUT2D eigenvalue weighted by atomic mass is 32.1. The first kappa shape index (κ1) is 13.3. The van der Waals surface area contributed by atoms with Gasteiger partial charge >= 0.3 is 0 Å². The molecule has 1 atom stereocenters. The smallest absolute Gasteiger partial charge is 0.195 e. The van der Waals surface area contributed by atoms with Crippen LogP contribution >= 0.6 is 11.3 Å². The van der Waals surface area contributed by atoms with E-state index in [1.54, 1.807) is 11.3 Å². The third kappa shape index (κ3) is 2.04. The molecule has 0 aliphatic heterocycles. The first-order chi connectivity index (χ1) is 9.51. The zero-order valence-electron chi connectivity index (χ0n) is 12.0. The van der Waals surface area contributed by atoms with Gasteiger partial charge in [-0.1, -0.05) is 51.1 Å². The maximum atomic E-state index is 12.6. The minimum absolute atomic E-state index is 0.00433. The van der Waals surface area contributed by atoms with Crippen molar-refractivity contribution < 1.29 is 0 Å². The molecule has 2 heteroatoms. The Morgan fingerprint density at radius 1 is 1.10 bits per heavy atom. The van der Waals surface area contributed by atoms with Crippen LogP contribution in [0.25, 0.3) is 22.2 Å². The fourth-order valence-electron chi connectivity index (χ4n) is 2.41. The van der Waals surface area contributed by atoms with Crippen LogP contribution in [0.4, 0.5) is 0 Å². The molecular formula is C18H18OS. The van der Waals surface area contributed by atoms with E-state index in [0.717, 1.165) is 20.5 Å². The zero-order chi connectivity index (χ0) is 14.3. The van der Waals surface area contributed by atoms with Gasteiger partial charge in [-0.2, -0.15) is 0 Å². The van der Waals surface area contributed by atoms with E-state index in [-0.39, 0.29) is 10.8 Å². The van der Waals surface area contributed by atoms with Gasteiger partial charge in [0.05, 0.1) is 0 Å². The number of rotatable bonds is 1. The molecule has 0 saturated carbocycles. The van der Waals surface area contributed by atoms with Crippen LogP contribution in [0.5, 0.6) is 0 Å². The van der Waals surface area contributed by atoms with Gasteiger partial charge in [-0.3, -0.25) is 4.79 Å². The Hall–Kier alpha value is -1.67. The van der Waals surface area contributed by atoms with Crippen LogP contribution in [0.15, 0.2) is 41.2 Å². The normalized spacial score (nSPS) is 21.2. The molecule has 0 spiro atoms. The summed E-state index contributed by atoms with van der Waals surface area (Å²) in [5.74, 6) is 0.499. The van der Waals surface area contributed by atoms with Gasteiger partial charge in [0.1, 0.15) is 0 Å². The number of benzene rings is 1. The Morgan fingerprint density at radius 3 is 2.55 bits per heavy atom. The van der Waals surface area contributed by atoms with Gasteiger partial charge in [-0.15, -0.1) is 11.3 Å². The monoisotopic (exact) mass is 282 g/mol. The van der Waals surface area contributed by atoms with Gasteiger partial charge in [-0.25, -0.2) is 0 Å². The highest BCUT2D eigenvalue weighted by Gasteiger charge is 2.24. The highest BCUT2D eigenvalue weighted by molar-refractivity contribution is 7.19. The fourth-order valence-corrected chi connectivity index (χ4v) is 3.47. The van der Waals surface area contributed by atoms with Crippen molar-refractivity contribution in [2.75, 3.05) is 0 Å². The summed E-state index contributed by atoms with van der Waals surface area (Å²) in [6, 6.07) is 7.85. The average molecular weight is 282 g/mol. The van der Waals surface area contributed by atoms with Crippen molar-refractivity contribution in [1.82, 2.24) is 0 Å². The lowest BCUT2D eigenvalue weighted by molar-refractivity contribution is 0.387. The summed E-state index contributed by atoms with van der Waals surface area (Å²) in [5.41, 5.74) is 0.974. The summed E-state index contributed by atoms with van der Waals surface area (Å²) < 4.78 is 1.06. The summed E-state index contributed by atoms with van der Waals surface area (Å²) in [5, 5.41) is 0.822. The first-order valence-corrected chi connectivity index (χ1v) is 7.77. The standard InChI is InChI=1S/C18H18OS/c1-12(2)18(3)10-8-14-16(9-11-18)20-15-7-5-4-6-13(15)17(14)19/h4-12H,1-3H3. The molecule has 0 fully saturated rings. The summed E-state index contributed by atoms with van der Waals surface area (Å²) in [4.78, 5) is 13.7. The quantitative estimate of drug-likeness (QED) is 0.722. The Kier molecular flexibility index (Phi) is 3.14. The number of allylic oxidation sites excluding steroid dienone is 2. The van der Waals surface area contributed by atoms with Crippen LogP contribution in [0, 0.1) is 11.3 Å². The third-order valence-corrected chi connectivity index (χ3v) is 5.46. The van der Waals surface area contributed by atoms with Crippen molar-refractivity contribution >= 4 is 33.6 Å². The molecule has 1 unspecified atom stereocenters. The van der Waals surface area contributed by atoms with Crippen LogP contribution in [0.1, 0.15) is 31.2 Å². The van der Waals surface area contributed by atoms with Crippen LogP contribution < -0.4 is 5.43 Å². The van der Waals surface area contributed by atoms with Crippen molar-refractivity contribution in [2.24, 2.45) is 11.3 Å². The predicted octanol–water partition coefficient (Wildman–Crippen LogP) is 4.96. The van der Waals surface area contributed by atoms with Gasteiger partial charge in [0.2, 0.25) is 0 Å². The molecule has 1 nitrogen and oxygen atoms in total. The van der Waals surface area contributed by atoms with Crippen LogP contribution in [0.3, 0.4) is 0 Å². The molecule has 0 amide bonds. The summed E-state index contributed by atoms with van der Waals surface area (Å²) in [6.07, 6.45) is 8.53. The Balaban J connectivity index is 2.29. The third-order valence-electron chi connectivity index (χ3n) is 4.31. The van der Waals surface area contributed by atoms with Gasteiger partial charge in [0.25, 0.3) is 0 Å². The van der Waals surface area contributed by atoms with E-state index in [1.165, 1.54) is 0 Å². The molecule has 2 aromatic rings. The zero-order valence-corrected chi connectivity index (χ0v) is 12.8. The van der Waals surface area contributed by atoms with E-state index < -0.39 is 0 Å². The molecule has 1 aliphatic rings. The molecule has 0 saturated heterocycles. The predicted molar refractivity (Wildman–Crippen MR) is 89.1 cm³/mol. The second kappa shape index (κ2) is 4.71. The van der Waals surface area contributed by atoms with Crippen molar-refractivity contribution in [3.05, 3.63) is 57.1 Å². The summed E-state index contributed by atoms with van der Waals surface area (Å²) in [6.45, 7) is 6.64. The molecule has 3 rings (SSSR count). The lowest BCUT2D eigenvalue weighted by atomic mass is 9.79. The minimum atomic E-state index is 0.00433. The van der Waals surface area contributed by atoms with Crippen molar-refractivity contribution in [3.8, 4) is 0 Å². The van der Waals surface area contributed by atoms with E-state index >= 15 is 0 Å². The van der Waals surface area contributed by atoms with Crippen LogP contribution in [-0.4, -0.2) is 0 Å². The SMILES string of the molecule is CC(C)C1(C)C=Cc2sc3ccccc3c(=O)c2C=C1. The number of hydrogen-bond acceptors (Lipinski definition) is 2. The number of fused-ring (bicyclic) bond motifs is 2. The molecule has 20 heavy (non-hydrogen) atoms. The first-order valence-electron chi connectivity index (χ1n) is 6.95. The largest absolute Gasteiger partial charge is 0.289 e. The van der Waals surface area contributed by atoms with Crippen LogP contribution in [-0.2, 0) is 0 Å². The number of hydrogen-bond donors (Lipinski definition) is 0. The molecule has 1 heterocycles. The van der Waals surface area contributed by atoms with E-state index in [0.29, 0.717) is 5.92 Å². The molecule has 0 radical (unpaired) electrons. The lowest BCUT2D eigenvalue weighted by Gasteiger charge is -2.26. The Morgan fingerprint density at radius 2 is 1.80 bits per heavy atom. The maximum absolute atomic E-state index is 12.6. The molecular weight excluding hydrogens is 264 g/mol. The topological polar surface area (TPSA) is 17.1 Å². The second-order valence-corrected chi connectivity index (χ2v) is 6.98. The summed E-state index contributed by atoms with van der Waals surface area (Å²) in [7, 11) is 0. The van der Waals surface area contributed by atoms with Crippen molar-refractivity contribution in [1.29, 1.82) is 0 Å². The minimum Gasteiger partial charge on any atom is -0.289 e. The van der Waals surface area contributed by atoms with Gasteiger partial charge < -0.3 is 0 Å². The van der Waals surface area contributed by atoms with Gasteiger partial charge in [0, 0.05) is 25.9 Å². The molecule has 1 aromatic heterocycles. The van der Waals surface area contributed by atoms with E-state index in [4.69, 9.17) is 0 Å². The molecule has 1 aromatic carbocycles. The van der Waals surface area contributed by atoms with E-state index in [2.05, 4.69) is 39.0 Å². The highest BCUT2D eigenvalue weighted by Crippen LogP contribution is 2.36. The van der Waals surface area contributed by atoms with Crippen molar-refractivity contribution in [2.45, 2.75) is 20.8 Å². The molecule has 102 valence electrons. The molecule has 0 bridgehead atoms. The molecule has 1 aliphatic carbocycles. The average Bonchev–Trinajstić information content (AvgIpc) is 2.60. The van der Waals surface area contributed by atoms with E-state index in [9.17, 15) is 4.79 Å². The fraction of sp³-hybridized carbons (Fsp3) is 0.278. The Labute approximate surface area is 123 Å². The molecule has 0 N–H and O–H groups in total. The second-order valence-electron chi connectivity index (χ2n) is 5.89. The maximum Gasteiger partial charge on any atom is 0.195 e. The van der Waals surface area contributed by atoms with Crippen molar-refractivity contribution in [3.63, 3.8) is 0 Å². The lowest BCUT2D eigenvalue weighted by Crippen LogP contribution is -2.17. The van der Waals surface area contributed by atoms with E-state index in [1.807, 2.05) is 30.3 Å². The van der Waals surface area contributed by atoms with Crippen LogP contribution in [0.2, 0.25) is 0 Å². The Bertz CT molecular complexity index is 780. The van der Waals surface area contributed by atoms with Gasteiger partial charge in [0.15, 0.2) is 5.43 Å². The van der Waals surface area contributed by atoms with Gasteiger partial charge in [-0.05, 0) is 24.1 Å².